The van der Waals surface area contributed by atoms with Crippen molar-refractivity contribution >= 4 is 28.5 Å². The van der Waals surface area contributed by atoms with Crippen molar-refractivity contribution in [3.8, 4) is 6.07 Å². The molecule has 5 nitrogen and oxygen atoms in total. The number of aryl methyl sites for hydroxylation is 1. The lowest BCUT2D eigenvalue weighted by Gasteiger charge is -2.25. The van der Waals surface area contributed by atoms with Crippen LogP contribution in [-0.4, -0.2) is 22.3 Å². The Morgan fingerprint density at radius 3 is 2.73 bits per heavy atom. The number of thiazole rings is 1. The zero-order valence-electron chi connectivity index (χ0n) is 16.8. The van der Waals surface area contributed by atoms with Crippen LogP contribution in [0.2, 0.25) is 0 Å². The first-order valence-corrected chi connectivity index (χ1v) is 10.7. The third-order valence-corrected chi connectivity index (χ3v) is 6.03. The summed E-state index contributed by atoms with van der Waals surface area (Å²) in [6.45, 7) is 4.66. The lowest BCUT2D eigenvalue weighted by molar-refractivity contribution is -0.112. The smallest absolute Gasteiger partial charge is 0.268 e. The van der Waals surface area contributed by atoms with Crippen molar-refractivity contribution in [1.82, 2.24) is 9.88 Å². The molecule has 0 saturated heterocycles. The third-order valence-electron chi connectivity index (χ3n) is 5.03. The minimum absolute atomic E-state index is 0.0673. The van der Waals surface area contributed by atoms with Gasteiger partial charge < -0.3 is 0 Å². The fraction of sp³-hybridized carbons (Fsp3) is 0.208. The predicted octanol–water partition coefficient (Wildman–Crippen LogP) is 4.56. The maximum Gasteiger partial charge on any atom is 0.268 e. The van der Waals surface area contributed by atoms with Crippen LogP contribution in [0.3, 0.4) is 0 Å². The number of nitrogens with zero attached hydrogens (tertiary/aromatic N) is 3. The van der Waals surface area contributed by atoms with Crippen molar-refractivity contribution in [3.05, 3.63) is 87.4 Å². The Hall–Kier alpha value is -3.27. The number of anilines is 1. The largest absolute Gasteiger partial charge is 0.297 e. The van der Waals surface area contributed by atoms with Crippen LogP contribution < -0.4 is 5.32 Å². The Labute approximate surface area is 180 Å². The highest BCUT2D eigenvalue weighted by Crippen LogP contribution is 2.29. The van der Waals surface area contributed by atoms with Gasteiger partial charge in [0.1, 0.15) is 11.6 Å². The van der Waals surface area contributed by atoms with Gasteiger partial charge in [0.25, 0.3) is 5.91 Å². The summed E-state index contributed by atoms with van der Waals surface area (Å²) in [5.74, 6) is -0.426. The second-order valence-electron chi connectivity index (χ2n) is 7.37. The summed E-state index contributed by atoms with van der Waals surface area (Å²) in [4.78, 5) is 20.7. The number of hydrogen-bond acceptors (Lipinski definition) is 5. The van der Waals surface area contributed by atoms with E-state index < -0.39 is 5.91 Å². The second kappa shape index (κ2) is 9.04. The predicted molar refractivity (Wildman–Crippen MR) is 120 cm³/mol. The lowest BCUT2D eigenvalue weighted by atomic mass is 10.1. The van der Waals surface area contributed by atoms with Gasteiger partial charge in [-0.3, -0.25) is 15.0 Å². The van der Waals surface area contributed by atoms with Gasteiger partial charge in [0, 0.05) is 30.9 Å². The molecule has 150 valence electrons. The van der Waals surface area contributed by atoms with Gasteiger partial charge in [0.2, 0.25) is 0 Å². The van der Waals surface area contributed by atoms with E-state index in [1.54, 1.807) is 6.08 Å². The molecule has 0 radical (unpaired) electrons. The summed E-state index contributed by atoms with van der Waals surface area (Å²) < 4.78 is 0. The number of fused-ring (bicyclic) bond motifs is 1. The number of rotatable bonds is 5. The van der Waals surface area contributed by atoms with E-state index in [1.807, 2.05) is 43.3 Å². The Morgan fingerprint density at radius 2 is 2.00 bits per heavy atom. The molecule has 6 heteroatoms. The molecule has 30 heavy (non-hydrogen) atoms. The second-order valence-corrected chi connectivity index (χ2v) is 8.45. The monoisotopic (exact) mass is 414 g/mol. The highest BCUT2D eigenvalue weighted by Gasteiger charge is 2.22. The summed E-state index contributed by atoms with van der Waals surface area (Å²) in [5, 5.41) is 12.8. The summed E-state index contributed by atoms with van der Waals surface area (Å²) in [7, 11) is 0. The summed E-state index contributed by atoms with van der Waals surface area (Å²) in [5.41, 5.74) is 4.35. The molecule has 0 fully saturated rings. The summed E-state index contributed by atoms with van der Waals surface area (Å²) in [6.07, 6.45) is 2.46. The fourth-order valence-corrected chi connectivity index (χ4v) is 4.47. The van der Waals surface area contributed by atoms with Gasteiger partial charge in [-0.05, 0) is 24.1 Å². The number of hydrogen-bond donors (Lipinski definition) is 1. The first-order valence-electron chi connectivity index (χ1n) is 9.85. The van der Waals surface area contributed by atoms with E-state index in [0.717, 1.165) is 42.9 Å². The van der Waals surface area contributed by atoms with E-state index in [-0.39, 0.29) is 5.57 Å². The zero-order valence-corrected chi connectivity index (χ0v) is 17.6. The maximum atomic E-state index is 12.6. The molecule has 1 N–H and O–H groups in total. The van der Waals surface area contributed by atoms with Crippen molar-refractivity contribution in [1.29, 1.82) is 5.26 Å². The number of carbonyl (C=O) groups excluding carboxylic acids is 1. The molecular weight excluding hydrogens is 392 g/mol. The van der Waals surface area contributed by atoms with E-state index in [2.05, 4.69) is 39.5 Å². The molecule has 0 aliphatic carbocycles. The minimum Gasteiger partial charge on any atom is -0.297 e. The van der Waals surface area contributed by atoms with Crippen LogP contribution >= 0.6 is 11.3 Å². The molecule has 0 bridgehead atoms. The van der Waals surface area contributed by atoms with Crippen LogP contribution in [0.4, 0.5) is 5.13 Å². The normalized spacial score (nSPS) is 14.1. The van der Waals surface area contributed by atoms with Gasteiger partial charge in [-0.2, -0.15) is 5.26 Å². The number of carbonyl (C=O) groups is 1. The molecule has 0 atom stereocenters. The highest BCUT2D eigenvalue weighted by molar-refractivity contribution is 7.15. The number of benzene rings is 2. The Bertz CT molecular complexity index is 1110. The number of nitrogens with one attached hydrogen (secondary N) is 1. The Morgan fingerprint density at radius 1 is 1.23 bits per heavy atom. The van der Waals surface area contributed by atoms with E-state index >= 15 is 0 Å². The Balaban J connectivity index is 1.43. The zero-order chi connectivity index (χ0) is 20.9. The standard InChI is InChI=1S/C24H22N4OS/c1-17-7-9-18(10-8-17)13-20(14-25)23(29)27-24-26-21-11-12-28(16-22(21)30-24)15-19-5-3-2-4-6-19/h2-10,13H,11-12,15-16H2,1H3,(H,26,27,29)/b20-13-. The van der Waals surface area contributed by atoms with Gasteiger partial charge >= 0.3 is 0 Å². The summed E-state index contributed by atoms with van der Waals surface area (Å²) in [6, 6.07) is 20.1. The van der Waals surface area contributed by atoms with Crippen LogP contribution in [-0.2, 0) is 24.3 Å². The first-order chi connectivity index (χ1) is 14.6. The number of aromatic nitrogens is 1. The fourth-order valence-electron chi connectivity index (χ4n) is 3.42. The van der Waals surface area contributed by atoms with Gasteiger partial charge in [-0.25, -0.2) is 4.98 Å². The van der Waals surface area contributed by atoms with Crippen LogP contribution in [0.25, 0.3) is 6.08 Å². The molecule has 1 aliphatic heterocycles. The molecule has 1 aromatic heterocycles. The summed E-state index contributed by atoms with van der Waals surface area (Å²) >= 11 is 1.49. The molecule has 0 unspecified atom stereocenters. The molecule has 1 aliphatic rings. The van der Waals surface area contributed by atoms with Crippen molar-refractivity contribution in [2.24, 2.45) is 0 Å². The minimum atomic E-state index is -0.426. The maximum absolute atomic E-state index is 12.6. The number of amides is 1. The molecule has 0 saturated carbocycles. The lowest BCUT2D eigenvalue weighted by Crippen LogP contribution is -2.29. The van der Waals surface area contributed by atoms with E-state index in [1.165, 1.54) is 21.8 Å². The van der Waals surface area contributed by atoms with Crippen molar-refractivity contribution < 1.29 is 4.79 Å². The first kappa shape index (κ1) is 20.0. The van der Waals surface area contributed by atoms with E-state index in [0.29, 0.717) is 5.13 Å². The van der Waals surface area contributed by atoms with Crippen molar-refractivity contribution in [3.63, 3.8) is 0 Å². The molecule has 2 heterocycles. The molecular formula is C24H22N4OS. The molecule has 4 rings (SSSR count). The highest BCUT2D eigenvalue weighted by atomic mass is 32.1. The average molecular weight is 415 g/mol. The third kappa shape index (κ3) is 4.82. The van der Waals surface area contributed by atoms with Gasteiger partial charge in [-0.1, -0.05) is 60.2 Å². The molecule has 2 aromatic carbocycles. The molecule has 1 amide bonds. The quantitative estimate of drug-likeness (QED) is 0.491. The molecule has 0 spiro atoms. The van der Waals surface area contributed by atoms with Gasteiger partial charge in [0.15, 0.2) is 5.13 Å². The van der Waals surface area contributed by atoms with Gasteiger partial charge in [0.05, 0.1) is 5.69 Å². The number of nitriles is 1. The van der Waals surface area contributed by atoms with E-state index in [9.17, 15) is 10.1 Å². The average Bonchev–Trinajstić information content (AvgIpc) is 3.15. The van der Waals surface area contributed by atoms with Crippen LogP contribution in [0.15, 0.2) is 60.2 Å². The SMILES string of the molecule is Cc1ccc(/C=C(/C#N)C(=O)Nc2nc3c(s2)CN(Cc2ccccc2)CC3)cc1. The van der Waals surface area contributed by atoms with Crippen LogP contribution in [0, 0.1) is 18.3 Å². The van der Waals surface area contributed by atoms with Crippen LogP contribution in [0.1, 0.15) is 27.3 Å². The van der Waals surface area contributed by atoms with Crippen LogP contribution in [0.5, 0.6) is 0 Å². The molecule has 3 aromatic rings. The topological polar surface area (TPSA) is 69.0 Å². The van der Waals surface area contributed by atoms with Gasteiger partial charge in [-0.15, -0.1) is 11.3 Å². The van der Waals surface area contributed by atoms with Crippen molar-refractivity contribution in [2.45, 2.75) is 26.4 Å². The van der Waals surface area contributed by atoms with E-state index in [4.69, 9.17) is 0 Å². The van der Waals surface area contributed by atoms with Crippen molar-refractivity contribution in [2.75, 3.05) is 11.9 Å². The Kier molecular flexibility index (Phi) is 6.03.